The first kappa shape index (κ1) is 11.9. The fourth-order valence-electron chi connectivity index (χ4n) is 2.51. The maximum absolute atomic E-state index is 12.0. The highest BCUT2D eigenvalue weighted by Crippen LogP contribution is 2.16. The highest BCUT2D eigenvalue weighted by molar-refractivity contribution is 5.79. The standard InChI is InChI=1S/C12H22N2O2/c1-9(10-4-5-13-7-10)14-12(15)11-3-2-6-16-8-11/h9-11,13H,2-8H2,1H3,(H,14,15). The van der Waals surface area contributed by atoms with Crippen molar-refractivity contribution in [3.63, 3.8) is 0 Å². The lowest BCUT2D eigenvalue weighted by atomic mass is 9.97. The lowest BCUT2D eigenvalue weighted by Gasteiger charge is -2.25. The summed E-state index contributed by atoms with van der Waals surface area (Å²) in [6.07, 6.45) is 3.15. The van der Waals surface area contributed by atoms with Crippen molar-refractivity contribution in [1.82, 2.24) is 10.6 Å². The average molecular weight is 226 g/mol. The zero-order valence-corrected chi connectivity index (χ0v) is 10.00. The van der Waals surface area contributed by atoms with Gasteiger partial charge in [-0.1, -0.05) is 0 Å². The molecule has 2 fully saturated rings. The van der Waals surface area contributed by atoms with Crippen LogP contribution in [0.3, 0.4) is 0 Å². The van der Waals surface area contributed by atoms with Gasteiger partial charge >= 0.3 is 0 Å². The van der Waals surface area contributed by atoms with Crippen molar-refractivity contribution in [2.45, 2.75) is 32.2 Å². The van der Waals surface area contributed by atoms with E-state index in [1.165, 1.54) is 6.42 Å². The van der Waals surface area contributed by atoms with Crippen molar-refractivity contribution in [3.8, 4) is 0 Å². The molecule has 2 heterocycles. The van der Waals surface area contributed by atoms with E-state index < -0.39 is 0 Å². The van der Waals surface area contributed by atoms with Gasteiger partial charge in [-0.2, -0.15) is 0 Å². The number of amides is 1. The largest absolute Gasteiger partial charge is 0.381 e. The van der Waals surface area contributed by atoms with Crippen LogP contribution in [-0.2, 0) is 9.53 Å². The van der Waals surface area contributed by atoms with Gasteiger partial charge in [-0.3, -0.25) is 4.79 Å². The highest BCUT2D eigenvalue weighted by atomic mass is 16.5. The van der Waals surface area contributed by atoms with Crippen LogP contribution in [0, 0.1) is 11.8 Å². The van der Waals surface area contributed by atoms with Gasteiger partial charge in [-0.25, -0.2) is 0 Å². The van der Waals surface area contributed by atoms with E-state index >= 15 is 0 Å². The summed E-state index contributed by atoms with van der Waals surface area (Å²) < 4.78 is 5.34. The second kappa shape index (κ2) is 5.64. The number of rotatable bonds is 3. The van der Waals surface area contributed by atoms with E-state index in [1.807, 2.05) is 0 Å². The normalized spacial score (nSPS) is 32.3. The molecule has 0 radical (unpaired) electrons. The average Bonchev–Trinajstić information content (AvgIpc) is 2.83. The SMILES string of the molecule is CC(NC(=O)C1CCCOC1)C1CCNC1. The lowest BCUT2D eigenvalue weighted by Crippen LogP contribution is -2.44. The first-order valence-electron chi connectivity index (χ1n) is 6.36. The fraction of sp³-hybridized carbons (Fsp3) is 0.917. The molecule has 3 unspecified atom stereocenters. The van der Waals surface area contributed by atoms with Crippen molar-refractivity contribution in [3.05, 3.63) is 0 Å². The monoisotopic (exact) mass is 226 g/mol. The number of hydrogen-bond acceptors (Lipinski definition) is 3. The number of carbonyl (C=O) groups excluding carboxylic acids is 1. The van der Waals surface area contributed by atoms with Crippen LogP contribution in [0.1, 0.15) is 26.2 Å². The van der Waals surface area contributed by atoms with Gasteiger partial charge in [0.05, 0.1) is 12.5 Å². The summed E-state index contributed by atoms with van der Waals surface area (Å²) >= 11 is 0. The minimum atomic E-state index is 0.0746. The predicted molar refractivity (Wildman–Crippen MR) is 62.1 cm³/mol. The Labute approximate surface area is 97.1 Å². The molecule has 2 aliphatic rings. The Bertz CT molecular complexity index is 233. The molecule has 0 spiro atoms. The Kier molecular flexibility index (Phi) is 4.18. The molecule has 92 valence electrons. The van der Waals surface area contributed by atoms with Crippen LogP contribution in [-0.4, -0.2) is 38.3 Å². The molecule has 0 saturated carbocycles. The van der Waals surface area contributed by atoms with Crippen LogP contribution < -0.4 is 10.6 Å². The van der Waals surface area contributed by atoms with Crippen molar-refractivity contribution < 1.29 is 9.53 Å². The van der Waals surface area contributed by atoms with E-state index in [0.29, 0.717) is 12.5 Å². The molecule has 4 nitrogen and oxygen atoms in total. The van der Waals surface area contributed by atoms with Crippen molar-refractivity contribution in [2.24, 2.45) is 11.8 Å². The van der Waals surface area contributed by atoms with E-state index in [9.17, 15) is 4.79 Å². The molecule has 0 aromatic carbocycles. The Hall–Kier alpha value is -0.610. The van der Waals surface area contributed by atoms with Crippen LogP contribution in [0.2, 0.25) is 0 Å². The highest BCUT2D eigenvalue weighted by Gasteiger charge is 2.26. The van der Waals surface area contributed by atoms with Crippen molar-refractivity contribution in [2.75, 3.05) is 26.3 Å². The van der Waals surface area contributed by atoms with Crippen LogP contribution in [0.4, 0.5) is 0 Å². The molecule has 4 heteroatoms. The number of hydrogen-bond donors (Lipinski definition) is 2. The summed E-state index contributed by atoms with van der Waals surface area (Å²) in [6, 6.07) is 0.282. The van der Waals surface area contributed by atoms with E-state index in [0.717, 1.165) is 32.5 Å². The molecule has 16 heavy (non-hydrogen) atoms. The molecule has 2 saturated heterocycles. The molecule has 0 bridgehead atoms. The molecular formula is C12H22N2O2. The second-order valence-electron chi connectivity index (χ2n) is 4.96. The maximum atomic E-state index is 12.0. The third-order valence-electron chi connectivity index (χ3n) is 3.71. The summed E-state index contributed by atoms with van der Waals surface area (Å²) in [6.45, 7) is 5.63. The topological polar surface area (TPSA) is 50.4 Å². The van der Waals surface area contributed by atoms with Crippen molar-refractivity contribution in [1.29, 1.82) is 0 Å². The van der Waals surface area contributed by atoms with Gasteiger partial charge in [-0.05, 0) is 45.2 Å². The van der Waals surface area contributed by atoms with Gasteiger partial charge in [-0.15, -0.1) is 0 Å². The molecule has 2 N–H and O–H groups in total. The van der Waals surface area contributed by atoms with E-state index in [1.54, 1.807) is 0 Å². The summed E-state index contributed by atoms with van der Waals surface area (Å²) in [4.78, 5) is 12.0. The first-order valence-corrected chi connectivity index (χ1v) is 6.36. The van der Waals surface area contributed by atoms with E-state index in [4.69, 9.17) is 4.74 Å². The first-order chi connectivity index (χ1) is 7.77. The summed E-state index contributed by atoms with van der Waals surface area (Å²) in [5, 5.41) is 6.46. The Morgan fingerprint density at radius 2 is 2.38 bits per heavy atom. The molecule has 0 aliphatic carbocycles. The van der Waals surface area contributed by atoms with Crippen molar-refractivity contribution >= 4 is 5.91 Å². The Balaban J connectivity index is 1.76. The van der Waals surface area contributed by atoms with Crippen LogP contribution in [0.5, 0.6) is 0 Å². The van der Waals surface area contributed by atoms with Gasteiger partial charge in [0.1, 0.15) is 0 Å². The maximum Gasteiger partial charge on any atom is 0.225 e. The van der Waals surface area contributed by atoms with Crippen LogP contribution in [0.15, 0.2) is 0 Å². The Morgan fingerprint density at radius 1 is 1.50 bits per heavy atom. The molecule has 3 atom stereocenters. The van der Waals surface area contributed by atoms with Gasteiger partial charge in [0.2, 0.25) is 5.91 Å². The summed E-state index contributed by atoms with van der Waals surface area (Å²) in [5.74, 6) is 0.845. The van der Waals surface area contributed by atoms with Gasteiger partial charge in [0.15, 0.2) is 0 Å². The third kappa shape index (κ3) is 2.95. The van der Waals surface area contributed by atoms with E-state index in [2.05, 4.69) is 17.6 Å². The fourth-order valence-corrected chi connectivity index (χ4v) is 2.51. The molecular weight excluding hydrogens is 204 g/mol. The van der Waals surface area contributed by atoms with Gasteiger partial charge in [0.25, 0.3) is 0 Å². The molecule has 0 aromatic heterocycles. The quantitative estimate of drug-likeness (QED) is 0.738. The van der Waals surface area contributed by atoms with Crippen LogP contribution in [0.25, 0.3) is 0 Å². The smallest absolute Gasteiger partial charge is 0.225 e. The van der Waals surface area contributed by atoms with Gasteiger partial charge < -0.3 is 15.4 Å². The molecule has 1 amide bonds. The lowest BCUT2D eigenvalue weighted by molar-refractivity contribution is -0.129. The zero-order valence-electron chi connectivity index (χ0n) is 10.00. The number of ether oxygens (including phenoxy) is 1. The molecule has 0 aromatic rings. The Morgan fingerprint density at radius 3 is 3.00 bits per heavy atom. The molecule has 2 aliphatic heterocycles. The number of carbonyl (C=O) groups is 1. The zero-order chi connectivity index (χ0) is 11.4. The minimum absolute atomic E-state index is 0.0746. The molecule has 2 rings (SSSR count). The van der Waals surface area contributed by atoms with E-state index in [-0.39, 0.29) is 17.9 Å². The predicted octanol–water partition coefficient (Wildman–Crippen LogP) is 0.527. The van der Waals surface area contributed by atoms with Gasteiger partial charge in [0, 0.05) is 12.6 Å². The summed E-state index contributed by atoms with van der Waals surface area (Å²) in [7, 11) is 0. The van der Waals surface area contributed by atoms with Crippen LogP contribution >= 0.6 is 0 Å². The second-order valence-corrected chi connectivity index (χ2v) is 4.96. The summed E-state index contributed by atoms with van der Waals surface area (Å²) in [5.41, 5.74) is 0. The minimum Gasteiger partial charge on any atom is -0.381 e. The third-order valence-corrected chi connectivity index (χ3v) is 3.71. The number of nitrogens with one attached hydrogen (secondary N) is 2.